The summed E-state index contributed by atoms with van der Waals surface area (Å²) in [4.78, 5) is 4.02. The highest BCUT2D eigenvalue weighted by Crippen LogP contribution is 2.20. The number of para-hydroxylation sites is 1. The van der Waals surface area contributed by atoms with E-state index < -0.39 is 0 Å². The van der Waals surface area contributed by atoms with E-state index in [0.29, 0.717) is 5.69 Å². The Balaban J connectivity index is 2.33. The predicted octanol–water partition coefficient (Wildman–Crippen LogP) is 3.54. The van der Waals surface area contributed by atoms with Gasteiger partial charge in [-0.25, -0.2) is 4.98 Å². The lowest BCUT2D eigenvalue weighted by Crippen LogP contribution is -1.95. The van der Waals surface area contributed by atoms with E-state index in [1.54, 1.807) is 24.3 Å². The lowest BCUT2D eigenvalue weighted by molar-refractivity contribution is 1.07. The van der Waals surface area contributed by atoms with Crippen molar-refractivity contribution in [1.29, 1.82) is 0 Å². The first-order valence-corrected chi connectivity index (χ1v) is 5.11. The average molecular weight is 226 g/mol. The summed E-state index contributed by atoms with van der Waals surface area (Å²) in [5.41, 5.74) is 0.762. The summed E-state index contributed by atoms with van der Waals surface area (Å²) in [5.74, 6) is 0.151. The van der Waals surface area contributed by atoms with Crippen LogP contribution in [0.3, 0.4) is 0 Å². The van der Waals surface area contributed by atoms with Gasteiger partial charge >= 0.3 is 0 Å². The zero-order valence-electron chi connectivity index (χ0n) is 14.9. The van der Waals surface area contributed by atoms with Gasteiger partial charge in [-0.15, -0.1) is 0 Å². The summed E-state index contributed by atoms with van der Waals surface area (Å²) in [5, 5.41) is 0. The van der Waals surface area contributed by atoms with Gasteiger partial charge in [0.15, 0.2) is 0 Å². The maximum Gasteiger partial charge on any atom is 0.144 e. The first-order valence-electron chi connectivity index (χ1n) is 8.11. The first-order chi connectivity index (χ1) is 10.9. The van der Waals surface area contributed by atoms with E-state index in [4.69, 9.17) is 8.22 Å². The van der Waals surface area contributed by atoms with E-state index in [2.05, 4.69) is 4.98 Å². The number of hydrogen-bond acceptors (Lipinski definition) is 1. The Labute approximate surface area is 109 Å². The van der Waals surface area contributed by atoms with Crippen LogP contribution in [0.15, 0.2) is 72.9 Å². The van der Waals surface area contributed by atoms with Gasteiger partial charge in [0, 0.05) is 23.6 Å². The molecule has 0 aliphatic rings. The van der Waals surface area contributed by atoms with E-state index in [1.807, 2.05) is 6.07 Å². The van der Waals surface area contributed by atoms with Crippen LogP contribution in [0.4, 0.5) is 0 Å². The summed E-state index contributed by atoms with van der Waals surface area (Å²) < 4.78 is 48.4. The quantitative estimate of drug-likeness (QED) is 0.653. The molecule has 0 aliphatic heterocycles. The van der Waals surface area contributed by atoms with Crippen LogP contribution in [-0.2, 0) is 0 Å². The molecule has 3 rings (SSSR count). The molecular weight excluding hydrogens is 208 g/mol. The molecule has 0 aliphatic carbocycles. The van der Waals surface area contributed by atoms with Crippen molar-refractivity contribution in [3.05, 3.63) is 72.9 Å². The number of aromatic nitrogens is 2. The lowest BCUT2D eigenvalue weighted by atomic mass is 10.2. The van der Waals surface area contributed by atoms with E-state index in [-0.39, 0.29) is 47.9 Å². The minimum Gasteiger partial charge on any atom is -0.300 e. The van der Waals surface area contributed by atoms with Crippen LogP contribution in [-0.4, -0.2) is 9.55 Å². The van der Waals surface area contributed by atoms with Gasteiger partial charge in [-0.05, 0) is 12.1 Å². The van der Waals surface area contributed by atoms with E-state index in [1.165, 1.54) is 10.6 Å². The maximum atomic E-state index is 8.04. The normalized spacial score (nSPS) is 15.3. The second-order valence-electron chi connectivity index (χ2n) is 3.41. The van der Waals surface area contributed by atoms with E-state index >= 15 is 0 Å². The van der Waals surface area contributed by atoms with Crippen molar-refractivity contribution >= 4 is 0 Å². The molecule has 0 N–H and O–H groups in total. The van der Waals surface area contributed by atoms with Crippen LogP contribution >= 0.6 is 0 Å². The van der Waals surface area contributed by atoms with Gasteiger partial charge in [-0.3, -0.25) is 4.57 Å². The van der Waals surface area contributed by atoms with Crippen molar-refractivity contribution in [2.75, 3.05) is 0 Å². The largest absolute Gasteiger partial charge is 0.300 e. The number of rotatable bonds is 2. The number of benzene rings is 2. The topological polar surface area (TPSA) is 17.8 Å². The molecule has 0 amide bonds. The van der Waals surface area contributed by atoms with Gasteiger partial charge < -0.3 is 0 Å². The summed E-state index contributed by atoms with van der Waals surface area (Å²) in [6.07, 6.45) is -0.394. The van der Waals surface area contributed by atoms with Crippen LogP contribution in [0, 0.1) is 0 Å². The summed E-state index contributed by atoms with van der Waals surface area (Å²) in [6, 6.07) is 9.02. The summed E-state index contributed by atoms with van der Waals surface area (Å²) >= 11 is 0. The number of nitrogens with zero attached hydrogens (tertiary/aromatic N) is 2. The smallest absolute Gasteiger partial charge is 0.144 e. The Morgan fingerprint density at radius 2 is 1.88 bits per heavy atom. The van der Waals surface area contributed by atoms with Crippen LogP contribution in [0.25, 0.3) is 17.1 Å². The number of imidazole rings is 1. The molecule has 0 fully saturated rings. The monoisotopic (exact) mass is 226 g/mol. The molecule has 0 unspecified atom stereocenters. The molecule has 82 valence electrons. The first kappa shape index (κ1) is 5.32. The van der Waals surface area contributed by atoms with Crippen molar-refractivity contribution in [1.82, 2.24) is 9.55 Å². The third kappa shape index (κ3) is 1.85. The molecule has 2 heteroatoms. The Bertz CT molecular complexity index is 889. The Kier molecular flexibility index (Phi) is 1.33. The molecule has 0 spiro atoms. The molecule has 0 atom stereocenters. The second-order valence-corrected chi connectivity index (χ2v) is 3.41. The second kappa shape index (κ2) is 4.26. The van der Waals surface area contributed by atoms with Gasteiger partial charge in [0.1, 0.15) is 5.82 Å². The zero-order chi connectivity index (χ0) is 16.7. The third-order valence-corrected chi connectivity index (χ3v) is 2.34. The summed E-state index contributed by atoms with van der Waals surface area (Å²) in [7, 11) is 0. The molecule has 1 heterocycles. The standard InChI is InChI=1S/C15H12N2/c1-3-7-13(8-4-1)15-16-11-12-17(15)14-9-5-2-6-10-14/h1-12H/i1D,3D,4D,7D,11D,12D. The van der Waals surface area contributed by atoms with Crippen molar-refractivity contribution in [3.63, 3.8) is 0 Å². The van der Waals surface area contributed by atoms with Gasteiger partial charge in [0.2, 0.25) is 0 Å². The van der Waals surface area contributed by atoms with Crippen LogP contribution < -0.4 is 0 Å². The highest BCUT2D eigenvalue weighted by Gasteiger charge is 2.05. The minimum atomic E-state index is -0.367. The van der Waals surface area contributed by atoms with Crippen molar-refractivity contribution in [2.24, 2.45) is 0 Å². The fraction of sp³-hybridized carbons (Fsp3) is 0. The van der Waals surface area contributed by atoms with Crippen LogP contribution in [0.1, 0.15) is 8.22 Å². The molecule has 2 nitrogen and oxygen atoms in total. The Morgan fingerprint density at radius 3 is 2.76 bits per heavy atom. The molecule has 17 heavy (non-hydrogen) atoms. The van der Waals surface area contributed by atoms with Crippen molar-refractivity contribution < 1.29 is 8.22 Å². The van der Waals surface area contributed by atoms with Crippen molar-refractivity contribution in [3.8, 4) is 17.1 Å². The van der Waals surface area contributed by atoms with E-state index in [0.717, 1.165) is 0 Å². The zero-order valence-corrected chi connectivity index (χ0v) is 8.86. The highest BCUT2D eigenvalue weighted by atomic mass is 15.1. The molecule has 0 saturated heterocycles. The van der Waals surface area contributed by atoms with Crippen LogP contribution in [0.2, 0.25) is 0 Å². The SMILES string of the molecule is [2H]c1cc(-c2nc([2H])c([2H])n2-c2ccccc2)c([2H])c([2H])c1[2H]. The fourth-order valence-corrected chi connectivity index (χ4v) is 1.57. The average Bonchev–Trinajstić information content (AvgIpc) is 2.85. The van der Waals surface area contributed by atoms with Gasteiger partial charge in [-0.1, -0.05) is 48.4 Å². The molecular formula is C15H12N2. The Hall–Kier alpha value is -2.35. The molecule has 0 bridgehead atoms. The molecule has 0 radical (unpaired) electrons. The predicted molar refractivity (Wildman–Crippen MR) is 69.0 cm³/mol. The van der Waals surface area contributed by atoms with E-state index in [9.17, 15) is 0 Å². The Morgan fingerprint density at radius 1 is 1.00 bits per heavy atom. The van der Waals surface area contributed by atoms with Crippen LogP contribution in [0.5, 0.6) is 0 Å². The van der Waals surface area contributed by atoms with Gasteiger partial charge in [0.05, 0.1) is 8.22 Å². The molecule has 3 aromatic rings. The maximum absolute atomic E-state index is 8.04. The van der Waals surface area contributed by atoms with Gasteiger partial charge in [-0.2, -0.15) is 0 Å². The summed E-state index contributed by atoms with van der Waals surface area (Å²) in [6.45, 7) is 0. The van der Waals surface area contributed by atoms with Gasteiger partial charge in [0.25, 0.3) is 0 Å². The lowest BCUT2D eigenvalue weighted by Gasteiger charge is -2.07. The number of hydrogen-bond donors (Lipinski definition) is 0. The third-order valence-electron chi connectivity index (χ3n) is 2.34. The molecule has 1 aromatic heterocycles. The molecule has 2 aromatic carbocycles. The minimum absolute atomic E-state index is 0.140. The fourth-order valence-electron chi connectivity index (χ4n) is 1.57. The highest BCUT2D eigenvalue weighted by molar-refractivity contribution is 5.58. The van der Waals surface area contributed by atoms with Crippen molar-refractivity contribution in [2.45, 2.75) is 0 Å². The molecule has 0 saturated carbocycles.